The van der Waals surface area contributed by atoms with Crippen molar-refractivity contribution in [2.24, 2.45) is 0 Å². The fourth-order valence-corrected chi connectivity index (χ4v) is 1.47. The van der Waals surface area contributed by atoms with E-state index in [1.807, 2.05) is 6.07 Å². The van der Waals surface area contributed by atoms with E-state index in [2.05, 4.69) is 0 Å². The Balaban J connectivity index is 2.33. The van der Waals surface area contributed by atoms with E-state index in [4.69, 9.17) is 15.7 Å². The van der Waals surface area contributed by atoms with Gasteiger partial charge in [-0.1, -0.05) is 0 Å². The maximum atomic E-state index is 10.6. The van der Waals surface area contributed by atoms with Gasteiger partial charge in [0.2, 0.25) is 0 Å². The number of hydrogen-bond acceptors (Lipinski definition) is 5. The van der Waals surface area contributed by atoms with Crippen molar-refractivity contribution in [3.63, 3.8) is 0 Å². The third kappa shape index (κ3) is 2.79. The van der Waals surface area contributed by atoms with E-state index in [1.165, 1.54) is 18.2 Å². The molecule has 0 heterocycles. The van der Waals surface area contributed by atoms with Gasteiger partial charge in [0.05, 0.1) is 4.92 Å². The summed E-state index contributed by atoms with van der Waals surface area (Å²) in [5, 5.41) is 19.6. The molecular weight excluding hydrogens is 246 g/mol. The first-order valence-corrected chi connectivity index (χ1v) is 5.32. The van der Waals surface area contributed by atoms with Gasteiger partial charge in [0.15, 0.2) is 0 Å². The Kier molecular flexibility index (Phi) is 3.30. The van der Waals surface area contributed by atoms with Crippen LogP contribution in [0.4, 0.5) is 11.4 Å². The topological polar surface area (TPSA) is 102 Å². The van der Waals surface area contributed by atoms with Gasteiger partial charge in [-0.05, 0) is 30.3 Å². The number of anilines is 1. The summed E-state index contributed by atoms with van der Waals surface area (Å²) in [4.78, 5) is 10.1. The zero-order chi connectivity index (χ0) is 13.8. The van der Waals surface area contributed by atoms with Crippen LogP contribution in [-0.2, 0) is 0 Å². The molecule has 0 unspecified atom stereocenters. The van der Waals surface area contributed by atoms with Crippen molar-refractivity contribution >= 4 is 11.4 Å². The molecule has 6 nitrogen and oxygen atoms in total. The predicted octanol–water partition coefficient (Wildman–Crippen LogP) is 2.84. The summed E-state index contributed by atoms with van der Waals surface area (Å²) in [7, 11) is 0. The van der Waals surface area contributed by atoms with Crippen LogP contribution in [0.3, 0.4) is 0 Å². The molecule has 0 atom stereocenters. The van der Waals surface area contributed by atoms with E-state index in [0.29, 0.717) is 11.4 Å². The monoisotopic (exact) mass is 255 g/mol. The van der Waals surface area contributed by atoms with Gasteiger partial charge < -0.3 is 10.5 Å². The van der Waals surface area contributed by atoms with Crippen LogP contribution in [0, 0.1) is 21.4 Å². The molecule has 0 fully saturated rings. The standard InChI is InChI=1S/C13H9N3O3/c14-8-9-7-11(16(17)18)3-6-13(9)19-12-4-1-10(15)2-5-12/h1-7H,15H2. The van der Waals surface area contributed by atoms with Crippen LogP contribution in [0.5, 0.6) is 11.5 Å². The number of nitriles is 1. The Bertz CT molecular complexity index is 660. The van der Waals surface area contributed by atoms with E-state index in [0.717, 1.165) is 0 Å². The molecule has 94 valence electrons. The number of nitro benzene ring substituents is 1. The lowest BCUT2D eigenvalue weighted by atomic mass is 10.2. The minimum Gasteiger partial charge on any atom is -0.456 e. The Morgan fingerprint density at radius 2 is 1.89 bits per heavy atom. The third-order valence-corrected chi connectivity index (χ3v) is 2.40. The molecule has 2 aromatic rings. The zero-order valence-corrected chi connectivity index (χ0v) is 9.74. The minimum atomic E-state index is -0.562. The Labute approximate surface area is 108 Å². The molecule has 6 heteroatoms. The van der Waals surface area contributed by atoms with Crippen LogP contribution < -0.4 is 10.5 Å². The number of nitro groups is 1. The molecule has 2 rings (SSSR count). The zero-order valence-electron chi connectivity index (χ0n) is 9.74. The molecule has 0 saturated carbocycles. The summed E-state index contributed by atoms with van der Waals surface area (Å²) >= 11 is 0. The van der Waals surface area contributed by atoms with Gasteiger partial charge >= 0.3 is 0 Å². The first-order chi connectivity index (χ1) is 9.10. The number of rotatable bonds is 3. The van der Waals surface area contributed by atoms with E-state index in [9.17, 15) is 10.1 Å². The molecule has 0 radical (unpaired) electrons. The normalized spacial score (nSPS) is 9.63. The average Bonchev–Trinajstić information content (AvgIpc) is 2.41. The summed E-state index contributed by atoms with van der Waals surface area (Å²) in [6.45, 7) is 0. The van der Waals surface area contributed by atoms with E-state index < -0.39 is 4.92 Å². The summed E-state index contributed by atoms with van der Waals surface area (Å²) < 4.78 is 5.49. The van der Waals surface area contributed by atoms with Crippen molar-refractivity contribution in [3.8, 4) is 17.6 Å². The van der Waals surface area contributed by atoms with Gasteiger partial charge in [-0.15, -0.1) is 0 Å². The Morgan fingerprint density at radius 1 is 1.21 bits per heavy atom. The first-order valence-electron chi connectivity index (χ1n) is 5.32. The highest BCUT2D eigenvalue weighted by Gasteiger charge is 2.12. The smallest absolute Gasteiger partial charge is 0.271 e. The van der Waals surface area contributed by atoms with Gasteiger partial charge in [0.1, 0.15) is 23.1 Å². The number of non-ortho nitro benzene ring substituents is 1. The van der Waals surface area contributed by atoms with Gasteiger partial charge in [0, 0.05) is 17.8 Å². The fourth-order valence-electron chi connectivity index (χ4n) is 1.47. The van der Waals surface area contributed by atoms with Gasteiger partial charge in [-0.2, -0.15) is 5.26 Å². The number of nitrogens with two attached hydrogens (primary N) is 1. The summed E-state index contributed by atoms with van der Waals surface area (Å²) in [6, 6.07) is 12.3. The van der Waals surface area contributed by atoms with Crippen LogP contribution in [0.15, 0.2) is 42.5 Å². The van der Waals surface area contributed by atoms with Gasteiger partial charge in [-0.25, -0.2) is 0 Å². The molecule has 2 N–H and O–H groups in total. The fraction of sp³-hybridized carbons (Fsp3) is 0. The molecule has 0 bridgehead atoms. The lowest BCUT2D eigenvalue weighted by Gasteiger charge is -2.07. The summed E-state index contributed by atoms with van der Waals surface area (Å²) in [5.41, 5.74) is 6.09. The molecule has 0 aromatic heterocycles. The number of nitrogen functional groups attached to an aromatic ring is 1. The van der Waals surface area contributed by atoms with Crippen molar-refractivity contribution in [3.05, 3.63) is 58.1 Å². The highest BCUT2D eigenvalue weighted by Crippen LogP contribution is 2.28. The predicted molar refractivity (Wildman–Crippen MR) is 68.7 cm³/mol. The summed E-state index contributed by atoms with van der Waals surface area (Å²) in [6.07, 6.45) is 0. The molecular formula is C13H9N3O3. The number of ether oxygens (including phenoxy) is 1. The van der Waals surface area contributed by atoms with Crippen molar-refractivity contribution in [1.82, 2.24) is 0 Å². The SMILES string of the molecule is N#Cc1cc([N+](=O)[O-])ccc1Oc1ccc(N)cc1. The van der Waals surface area contributed by atoms with E-state index in [-0.39, 0.29) is 17.0 Å². The molecule has 0 spiro atoms. The number of hydrogen-bond donors (Lipinski definition) is 1. The molecule has 0 saturated heterocycles. The quantitative estimate of drug-likeness (QED) is 0.516. The van der Waals surface area contributed by atoms with Crippen LogP contribution >= 0.6 is 0 Å². The molecule has 0 amide bonds. The average molecular weight is 255 g/mol. The van der Waals surface area contributed by atoms with Crippen LogP contribution in [0.25, 0.3) is 0 Å². The second kappa shape index (κ2) is 5.06. The number of benzene rings is 2. The van der Waals surface area contributed by atoms with Crippen molar-refractivity contribution in [2.45, 2.75) is 0 Å². The van der Waals surface area contributed by atoms with Gasteiger partial charge in [0.25, 0.3) is 5.69 Å². The minimum absolute atomic E-state index is 0.103. The highest BCUT2D eigenvalue weighted by atomic mass is 16.6. The van der Waals surface area contributed by atoms with Gasteiger partial charge in [-0.3, -0.25) is 10.1 Å². The first kappa shape index (κ1) is 12.4. The summed E-state index contributed by atoms with van der Waals surface area (Å²) in [5.74, 6) is 0.762. The van der Waals surface area contributed by atoms with Crippen molar-refractivity contribution in [2.75, 3.05) is 5.73 Å². The largest absolute Gasteiger partial charge is 0.456 e. The Morgan fingerprint density at radius 3 is 2.47 bits per heavy atom. The second-order valence-electron chi connectivity index (χ2n) is 3.72. The van der Waals surface area contributed by atoms with Crippen molar-refractivity contribution in [1.29, 1.82) is 5.26 Å². The van der Waals surface area contributed by atoms with Crippen LogP contribution in [-0.4, -0.2) is 4.92 Å². The highest BCUT2D eigenvalue weighted by molar-refractivity contribution is 5.52. The van der Waals surface area contributed by atoms with Crippen molar-refractivity contribution < 1.29 is 9.66 Å². The Hall–Kier alpha value is -3.07. The maximum Gasteiger partial charge on any atom is 0.271 e. The molecule has 0 aliphatic rings. The number of nitrogens with zero attached hydrogens (tertiary/aromatic N) is 2. The second-order valence-corrected chi connectivity index (χ2v) is 3.72. The van der Waals surface area contributed by atoms with E-state index >= 15 is 0 Å². The third-order valence-electron chi connectivity index (χ3n) is 2.40. The van der Waals surface area contributed by atoms with E-state index in [1.54, 1.807) is 24.3 Å². The molecule has 0 aliphatic heterocycles. The molecule has 2 aromatic carbocycles. The van der Waals surface area contributed by atoms with Crippen LogP contribution in [0.1, 0.15) is 5.56 Å². The van der Waals surface area contributed by atoms with Crippen LogP contribution in [0.2, 0.25) is 0 Å². The molecule has 0 aliphatic carbocycles. The maximum absolute atomic E-state index is 10.6. The molecule has 19 heavy (non-hydrogen) atoms. The lowest BCUT2D eigenvalue weighted by Crippen LogP contribution is -1.92. The lowest BCUT2D eigenvalue weighted by molar-refractivity contribution is -0.384.